The topological polar surface area (TPSA) is 251 Å². The number of imide groups is 1. The van der Waals surface area contributed by atoms with Crippen LogP contribution in [-0.2, 0) is 54.2 Å². The summed E-state index contributed by atoms with van der Waals surface area (Å²) >= 11 is 1.21. The van der Waals surface area contributed by atoms with Crippen LogP contribution in [0.2, 0.25) is 0 Å². The molecule has 2 aliphatic heterocycles. The molecule has 2 aliphatic rings. The van der Waals surface area contributed by atoms with E-state index in [1.54, 1.807) is 5.38 Å². The van der Waals surface area contributed by atoms with Crippen LogP contribution in [0.15, 0.2) is 47.9 Å². The maximum absolute atomic E-state index is 14.8. The quantitative estimate of drug-likeness (QED) is 0.0151. The maximum atomic E-state index is 14.8. The third-order valence-electron chi connectivity index (χ3n) is 13.1. The number of benzene rings is 1. The van der Waals surface area contributed by atoms with E-state index in [0.29, 0.717) is 55.7 Å². The van der Waals surface area contributed by atoms with Crippen molar-refractivity contribution in [2.24, 2.45) is 29.6 Å². The number of likely N-dealkylation sites (tertiary alicyclic amines) is 1. The van der Waals surface area contributed by atoms with Gasteiger partial charge in [-0.15, -0.1) is 11.3 Å². The number of likely N-dealkylation sites (N-methyl/N-ethyl adjacent to an activating group) is 1. The Morgan fingerprint density at radius 3 is 2.04 bits per heavy atom. The van der Waals surface area contributed by atoms with Crippen LogP contribution in [-0.4, -0.2) is 149 Å². The number of aromatic nitrogens is 1. The number of unbranched alkanes of at least 4 members (excludes halogenated alkanes) is 1. The molecule has 1 fully saturated rings. The van der Waals surface area contributed by atoms with E-state index in [1.165, 1.54) is 40.2 Å². The van der Waals surface area contributed by atoms with E-state index in [1.807, 2.05) is 90.7 Å². The molecule has 1 aromatic heterocycles. The van der Waals surface area contributed by atoms with Crippen LogP contribution in [0.3, 0.4) is 0 Å². The van der Waals surface area contributed by atoms with Crippen molar-refractivity contribution in [2.75, 3.05) is 46.7 Å². The number of carbonyl (C=O) groups is 8. The number of nitrogens with one attached hydrogen (secondary N) is 2. The summed E-state index contributed by atoms with van der Waals surface area (Å²) < 4.78 is 15.7. The molecule has 6 atom stereocenters. The Hall–Kier alpha value is -5.57. The minimum absolute atomic E-state index is 0.0517. The molecular formula is C59H96N6O13S. The Kier molecular flexibility index (Phi) is 35.9. The summed E-state index contributed by atoms with van der Waals surface area (Å²) in [5.74, 6) is -1.60. The first-order valence-corrected chi connectivity index (χ1v) is 29.1. The van der Waals surface area contributed by atoms with Crippen LogP contribution in [0.1, 0.15) is 174 Å². The first-order valence-electron chi connectivity index (χ1n) is 28.2. The Balaban J connectivity index is 0.00000111. The monoisotopic (exact) mass is 1130 g/mol. The van der Waals surface area contributed by atoms with Crippen molar-refractivity contribution in [3.63, 3.8) is 0 Å². The van der Waals surface area contributed by atoms with Gasteiger partial charge >= 0.3 is 11.9 Å². The fourth-order valence-electron chi connectivity index (χ4n) is 8.54. The Labute approximate surface area is 475 Å². The second-order valence-corrected chi connectivity index (χ2v) is 22.6. The number of hydrogen-bond donors (Lipinski definition) is 4. The van der Waals surface area contributed by atoms with Crippen molar-refractivity contribution in [1.29, 1.82) is 0 Å². The minimum Gasteiger partial charge on any atom is -0.465 e. The van der Waals surface area contributed by atoms with Gasteiger partial charge in [-0.25, -0.2) is 4.98 Å². The van der Waals surface area contributed by atoms with Gasteiger partial charge in [0.15, 0.2) is 12.8 Å². The number of esters is 2. The van der Waals surface area contributed by atoms with Crippen molar-refractivity contribution in [3.05, 3.63) is 64.1 Å². The van der Waals surface area contributed by atoms with Gasteiger partial charge in [0, 0.05) is 62.5 Å². The summed E-state index contributed by atoms with van der Waals surface area (Å²) in [6, 6.07) is 8.07. The van der Waals surface area contributed by atoms with Crippen LogP contribution in [0.5, 0.6) is 0 Å². The predicted molar refractivity (Wildman–Crippen MR) is 306 cm³/mol. The lowest BCUT2D eigenvalue weighted by atomic mass is 9.92. The van der Waals surface area contributed by atoms with Gasteiger partial charge < -0.3 is 40.0 Å². The van der Waals surface area contributed by atoms with Gasteiger partial charge in [0.1, 0.15) is 23.4 Å². The number of hydrogen-bond acceptors (Lipinski definition) is 16. The van der Waals surface area contributed by atoms with E-state index in [9.17, 15) is 38.4 Å². The Morgan fingerprint density at radius 1 is 0.886 bits per heavy atom. The van der Waals surface area contributed by atoms with Crippen molar-refractivity contribution < 1.29 is 62.8 Å². The minimum atomic E-state index is -0.906. The SMILES string of the molecule is CC(C)CCO.CCC(C)C(NC(=O)C1CCCCN1C)C(=O)N(COC(=O)CC(C)C)C(CC(OC(C)=O)c1nc(C(=O)NC(Cc2ccccc2)CC(C)C)cs1)C(C)C.CCCCN1C(=O)C=CC1=O.O=COCCO. The van der Waals surface area contributed by atoms with E-state index < -0.39 is 30.1 Å². The highest BCUT2D eigenvalue weighted by Crippen LogP contribution is 2.32. The molecule has 446 valence electrons. The largest absolute Gasteiger partial charge is 0.465 e. The molecule has 79 heavy (non-hydrogen) atoms. The summed E-state index contributed by atoms with van der Waals surface area (Å²) in [6.45, 7) is 25.0. The van der Waals surface area contributed by atoms with Gasteiger partial charge in [-0.05, 0) is 87.3 Å². The molecule has 4 rings (SSSR count). The third kappa shape index (κ3) is 28.4. The number of thiazole rings is 1. The second-order valence-electron chi connectivity index (χ2n) is 21.7. The van der Waals surface area contributed by atoms with Crippen molar-refractivity contribution in [1.82, 2.24) is 30.3 Å². The molecule has 19 nitrogen and oxygen atoms in total. The smallest absolute Gasteiger partial charge is 0.307 e. The second kappa shape index (κ2) is 39.7. The summed E-state index contributed by atoms with van der Waals surface area (Å²) in [7, 11) is 1.93. The number of aliphatic hydroxyl groups excluding tert-OH is 2. The lowest BCUT2D eigenvalue weighted by Crippen LogP contribution is -2.59. The van der Waals surface area contributed by atoms with Crippen LogP contribution in [0, 0.1) is 29.6 Å². The average Bonchev–Trinajstić information content (AvgIpc) is 4.02. The molecule has 0 bridgehead atoms. The zero-order valence-electron chi connectivity index (χ0n) is 49.6. The first-order chi connectivity index (χ1) is 37.4. The molecule has 0 radical (unpaired) electrons. The van der Waals surface area contributed by atoms with Crippen LogP contribution in [0.25, 0.3) is 0 Å². The first kappa shape index (κ1) is 71.4. The van der Waals surface area contributed by atoms with Crippen LogP contribution in [0.4, 0.5) is 0 Å². The molecule has 5 amide bonds. The summed E-state index contributed by atoms with van der Waals surface area (Å²) in [5, 5.41) is 24.5. The summed E-state index contributed by atoms with van der Waals surface area (Å²) in [6.07, 6.45) is 9.57. The molecule has 2 aromatic rings. The number of nitrogens with zero attached hydrogens (tertiary/aromatic N) is 4. The van der Waals surface area contributed by atoms with Crippen LogP contribution >= 0.6 is 11.3 Å². The van der Waals surface area contributed by atoms with E-state index in [-0.39, 0.29) is 97.9 Å². The van der Waals surface area contributed by atoms with Gasteiger partial charge in [-0.2, -0.15) is 0 Å². The molecule has 3 heterocycles. The maximum Gasteiger partial charge on any atom is 0.307 e. The molecule has 1 saturated heterocycles. The third-order valence-corrected chi connectivity index (χ3v) is 14.0. The van der Waals surface area contributed by atoms with Gasteiger partial charge in [0.2, 0.25) is 11.8 Å². The van der Waals surface area contributed by atoms with Crippen LogP contribution < -0.4 is 10.6 Å². The molecule has 20 heteroatoms. The Bertz CT molecular complexity index is 2130. The highest BCUT2D eigenvalue weighted by atomic mass is 32.1. The van der Waals surface area contributed by atoms with E-state index in [2.05, 4.69) is 48.0 Å². The van der Waals surface area contributed by atoms with Gasteiger partial charge in [-0.1, -0.05) is 126 Å². The normalized spacial score (nSPS) is 16.0. The van der Waals surface area contributed by atoms with Crippen molar-refractivity contribution >= 4 is 59.3 Å². The number of ether oxygens (including phenoxy) is 3. The number of carbonyl (C=O) groups excluding carboxylic acids is 8. The molecule has 6 unspecified atom stereocenters. The highest BCUT2D eigenvalue weighted by Gasteiger charge is 2.39. The number of rotatable bonds is 29. The molecule has 0 saturated carbocycles. The van der Waals surface area contributed by atoms with Crippen molar-refractivity contribution in [3.8, 4) is 0 Å². The molecule has 4 N–H and O–H groups in total. The molecular weight excluding hydrogens is 1030 g/mol. The van der Waals surface area contributed by atoms with Gasteiger partial charge in [-0.3, -0.25) is 48.2 Å². The zero-order valence-corrected chi connectivity index (χ0v) is 50.4. The molecule has 0 spiro atoms. The fourth-order valence-corrected chi connectivity index (χ4v) is 9.38. The zero-order chi connectivity index (χ0) is 59.6. The summed E-state index contributed by atoms with van der Waals surface area (Å²) in [5.41, 5.74) is 1.34. The number of aliphatic hydroxyl groups is 2. The lowest BCUT2D eigenvalue weighted by molar-refractivity contribution is -0.161. The molecule has 0 aliphatic carbocycles. The standard InChI is InChI=1S/C43H67N5O7S.C8H11NO2.C5H12O.C3H6O3/c1-11-30(8)39(46-41(52)35-19-15-16-20-47(35)10)43(53)48(26-54-38(50)22-28(4)5)36(29(6)7)24-37(55-31(9)49)42-45-34(25-56-42)40(51)44-33(21-27(2)3)23-32-17-13-12-14-18-32;1-2-3-6-9-7(10)4-5-8(9)11;1-5(2)3-4-6;4-1-2-6-3-5/h12-14,17-18,25,27-30,33,35-37,39H,11,15-16,19-24,26H2,1-10H3,(H,44,51)(H,46,52);4-5H,2-3,6H2,1H3;5-6H,3-4H2,1-2H3;3-4H,1-2H2. The molecule has 1 aromatic carbocycles. The number of amides is 5. The summed E-state index contributed by atoms with van der Waals surface area (Å²) in [4.78, 5) is 108. The number of piperidine rings is 1. The van der Waals surface area contributed by atoms with E-state index >= 15 is 0 Å². The van der Waals surface area contributed by atoms with E-state index in [4.69, 9.17) is 19.7 Å². The van der Waals surface area contributed by atoms with Gasteiger partial charge in [0.05, 0.1) is 12.6 Å². The van der Waals surface area contributed by atoms with E-state index in [0.717, 1.165) is 50.6 Å². The Morgan fingerprint density at radius 2 is 1.54 bits per heavy atom. The lowest BCUT2D eigenvalue weighted by Gasteiger charge is -2.39. The van der Waals surface area contributed by atoms with Gasteiger partial charge in [0.25, 0.3) is 24.2 Å². The highest BCUT2D eigenvalue weighted by molar-refractivity contribution is 7.09. The average molecular weight is 1130 g/mol. The fraction of sp³-hybridized carbons (Fsp3) is 0.678. The predicted octanol–water partition coefficient (Wildman–Crippen LogP) is 7.83. The van der Waals surface area contributed by atoms with Crippen molar-refractivity contribution in [2.45, 2.75) is 184 Å².